The van der Waals surface area contributed by atoms with Crippen molar-refractivity contribution in [2.24, 2.45) is 0 Å². The Morgan fingerprint density at radius 1 is 1.29 bits per heavy atom. The molecule has 110 valence electrons. The Morgan fingerprint density at radius 3 is 2.67 bits per heavy atom. The highest BCUT2D eigenvalue weighted by atomic mass is 16.6. The van der Waals surface area contributed by atoms with E-state index in [0.29, 0.717) is 18.2 Å². The van der Waals surface area contributed by atoms with Crippen LogP contribution in [-0.4, -0.2) is 24.1 Å². The van der Waals surface area contributed by atoms with Gasteiger partial charge in [0.05, 0.1) is 18.1 Å². The van der Waals surface area contributed by atoms with Crippen molar-refractivity contribution in [2.75, 3.05) is 14.2 Å². The first-order chi connectivity index (χ1) is 10.1. The van der Waals surface area contributed by atoms with E-state index in [1.54, 1.807) is 12.3 Å². The van der Waals surface area contributed by atoms with Gasteiger partial charge in [0.2, 0.25) is 5.88 Å². The third kappa shape index (κ3) is 3.67. The number of nitro benzene ring substituents is 1. The number of methoxy groups -OCH3 is 1. The molecule has 0 fully saturated rings. The summed E-state index contributed by atoms with van der Waals surface area (Å²) in [6, 6.07) is 7.77. The monoisotopic (exact) mass is 289 g/mol. The molecular weight excluding hydrogens is 274 g/mol. The molecule has 2 rings (SSSR count). The van der Waals surface area contributed by atoms with Crippen LogP contribution in [0.2, 0.25) is 0 Å². The molecule has 0 saturated carbocycles. The number of non-ortho nitro benzene ring substituents is 1. The fraction of sp³-hybridized carbons (Fsp3) is 0.214. The van der Waals surface area contributed by atoms with E-state index >= 15 is 0 Å². The Bertz CT molecular complexity index is 629. The van der Waals surface area contributed by atoms with Gasteiger partial charge in [-0.25, -0.2) is 4.98 Å². The molecule has 7 nitrogen and oxygen atoms in total. The standard InChI is InChI=1S/C14H15N3O4/c1-15-8-10-3-6-14(16-9-10)21-12-5-4-11(17(18)19)7-13(12)20-2/h3-7,9,15H,8H2,1-2H3. The highest BCUT2D eigenvalue weighted by molar-refractivity contribution is 5.49. The van der Waals surface area contributed by atoms with Crippen LogP contribution in [0.5, 0.6) is 17.4 Å². The van der Waals surface area contributed by atoms with Gasteiger partial charge in [0.25, 0.3) is 5.69 Å². The van der Waals surface area contributed by atoms with E-state index in [1.165, 1.54) is 25.3 Å². The minimum Gasteiger partial charge on any atom is -0.493 e. The van der Waals surface area contributed by atoms with Gasteiger partial charge in [-0.1, -0.05) is 6.07 Å². The molecule has 0 amide bonds. The molecule has 21 heavy (non-hydrogen) atoms. The predicted octanol–water partition coefficient (Wildman–Crippen LogP) is 2.51. The van der Waals surface area contributed by atoms with E-state index < -0.39 is 4.92 Å². The lowest BCUT2D eigenvalue weighted by Crippen LogP contribution is -2.05. The minimum absolute atomic E-state index is 0.0588. The van der Waals surface area contributed by atoms with Crippen molar-refractivity contribution in [1.82, 2.24) is 10.3 Å². The van der Waals surface area contributed by atoms with Gasteiger partial charge in [0.1, 0.15) is 0 Å². The van der Waals surface area contributed by atoms with Crippen molar-refractivity contribution >= 4 is 5.69 Å². The Kier molecular flexibility index (Phi) is 4.68. The van der Waals surface area contributed by atoms with E-state index in [2.05, 4.69) is 10.3 Å². The van der Waals surface area contributed by atoms with E-state index in [9.17, 15) is 10.1 Å². The lowest BCUT2D eigenvalue weighted by Gasteiger charge is -2.09. The molecule has 0 aliphatic carbocycles. The summed E-state index contributed by atoms with van der Waals surface area (Å²) in [4.78, 5) is 14.4. The third-order valence-corrected chi connectivity index (χ3v) is 2.75. The third-order valence-electron chi connectivity index (χ3n) is 2.75. The average Bonchev–Trinajstić information content (AvgIpc) is 2.49. The van der Waals surface area contributed by atoms with Gasteiger partial charge in [0.15, 0.2) is 11.5 Å². The van der Waals surface area contributed by atoms with Crippen molar-refractivity contribution < 1.29 is 14.4 Å². The van der Waals surface area contributed by atoms with Crippen LogP contribution < -0.4 is 14.8 Å². The summed E-state index contributed by atoms with van der Waals surface area (Å²) in [5.41, 5.74) is 0.969. The second-order valence-corrected chi connectivity index (χ2v) is 4.23. The first-order valence-electron chi connectivity index (χ1n) is 6.24. The Hall–Kier alpha value is -2.67. The maximum absolute atomic E-state index is 10.7. The summed E-state index contributed by atoms with van der Waals surface area (Å²) in [7, 11) is 3.28. The summed E-state index contributed by atoms with van der Waals surface area (Å²) in [6.07, 6.45) is 1.70. The normalized spacial score (nSPS) is 10.2. The number of ether oxygens (including phenoxy) is 2. The maximum Gasteiger partial charge on any atom is 0.273 e. The number of nitrogens with one attached hydrogen (secondary N) is 1. The predicted molar refractivity (Wildman–Crippen MR) is 76.7 cm³/mol. The quantitative estimate of drug-likeness (QED) is 0.649. The molecule has 1 N–H and O–H groups in total. The first-order valence-corrected chi connectivity index (χ1v) is 6.24. The van der Waals surface area contributed by atoms with Crippen LogP contribution in [0.15, 0.2) is 36.5 Å². The van der Waals surface area contributed by atoms with Crippen LogP contribution in [0, 0.1) is 10.1 Å². The highest BCUT2D eigenvalue weighted by Gasteiger charge is 2.13. The Balaban J connectivity index is 2.20. The van der Waals surface area contributed by atoms with E-state index in [-0.39, 0.29) is 11.4 Å². The molecule has 1 aromatic carbocycles. The summed E-state index contributed by atoms with van der Waals surface area (Å²) in [5.74, 6) is 1.05. The van der Waals surface area contributed by atoms with Gasteiger partial charge in [-0.15, -0.1) is 0 Å². The molecule has 0 bridgehead atoms. The zero-order valence-corrected chi connectivity index (χ0v) is 11.7. The maximum atomic E-state index is 10.7. The topological polar surface area (TPSA) is 86.5 Å². The number of rotatable bonds is 6. The zero-order chi connectivity index (χ0) is 15.2. The molecule has 1 aromatic heterocycles. The van der Waals surface area contributed by atoms with Gasteiger partial charge in [-0.3, -0.25) is 10.1 Å². The van der Waals surface area contributed by atoms with Gasteiger partial charge < -0.3 is 14.8 Å². The van der Waals surface area contributed by atoms with Crippen LogP contribution in [0.25, 0.3) is 0 Å². The summed E-state index contributed by atoms with van der Waals surface area (Å²) in [5, 5.41) is 13.8. The summed E-state index contributed by atoms with van der Waals surface area (Å²) in [6.45, 7) is 0.716. The number of nitro groups is 1. The minimum atomic E-state index is -0.489. The number of hydrogen-bond donors (Lipinski definition) is 1. The molecule has 2 aromatic rings. The Morgan fingerprint density at radius 2 is 2.10 bits per heavy atom. The molecular formula is C14H15N3O4. The van der Waals surface area contributed by atoms with E-state index in [1.807, 2.05) is 13.1 Å². The van der Waals surface area contributed by atoms with Crippen LogP contribution in [-0.2, 0) is 6.54 Å². The number of nitrogens with zero attached hydrogens (tertiary/aromatic N) is 2. The van der Waals surface area contributed by atoms with Crippen molar-refractivity contribution in [1.29, 1.82) is 0 Å². The second kappa shape index (κ2) is 6.67. The molecule has 7 heteroatoms. The van der Waals surface area contributed by atoms with Crippen molar-refractivity contribution in [3.63, 3.8) is 0 Å². The average molecular weight is 289 g/mol. The van der Waals surface area contributed by atoms with Crippen LogP contribution in [0.3, 0.4) is 0 Å². The lowest BCUT2D eigenvalue weighted by molar-refractivity contribution is -0.384. The smallest absolute Gasteiger partial charge is 0.273 e. The molecule has 0 aliphatic heterocycles. The fourth-order valence-electron chi connectivity index (χ4n) is 1.75. The van der Waals surface area contributed by atoms with Gasteiger partial charge in [-0.2, -0.15) is 0 Å². The molecule has 0 radical (unpaired) electrons. The lowest BCUT2D eigenvalue weighted by atomic mass is 10.2. The van der Waals surface area contributed by atoms with Crippen molar-refractivity contribution in [3.05, 3.63) is 52.2 Å². The largest absolute Gasteiger partial charge is 0.493 e. The highest BCUT2D eigenvalue weighted by Crippen LogP contribution is 2.33. The molecule has 0 saturated heterocycles. The van der Waals surface area contributed by atoms with Gasteiger partial charge in [-0.05, 0) is 18.7 Å². The number of hydrogen-bond acceptors (Lipinski definition) is 6. The molecule has 0 spiro atoms. The molecule has 0 aliphatic rings. The summed E-state index contributed by atoms with van der Waals surface area (Å²) < 4.78 is 10.7. The number of benzene rings is 1. The van der Waals surface area contributed by atoms with E-state index in [4.69, 9.17) is 9.47 Å². The van der Waals surface area contributed by atoms with Crippen LogP contribution in [0.1, 0.15) is 5.56 Å². The van der Waals surface area contributed by atoms with Gasteiger partial charge in [0, 0.05) is 24.9 Å². The summed E-state index contributed by atoms with van der Waals surface area (Å²) >= 11 is 0. The Labute approximate surface area is 121 Å². The fourth-order valence-corrected chi connectivity index (χ4v) is 1.75. The van der Waals surface area contributed by atoms with Crippen molar-refractivity contribution in [3.8, 4) is 17.4 Å². The van der Waals surface area contributed by atoms with Crippen LogP contribution in [0.4, 0.5) is 5.69 Å². The van der Waals surface area contributed by atoms with Crippen molar-refractivity contribution in [2.45, 2.75) is 6.54 Å². The van der Waals surface area contributed by atoms with Gasteiger partial charge >= 0.3 is 0 Å². The first kappa shape index (κ1) is 14.7. The molecule has 1 heterocycles. The zero-order valence-electron chi connectivity index (χ0n) is 11.7. The van der Waals surface area contributed by atoms with Crippen LogP contribution >= 0.6 is 0 Å². The molecule has 0 unspecified atom stereocenters. The molecule has 0 atom stereocenters. The second-order valence-electron chi connectivity index (χ2n) is 4.23. The van der Waals surface area contributed by atoms with E-state index in [0.717, 1.165) is 5.56 Å². The SMILES string of the molecule is CNCc1ccc(Oc2ccc([N+](=O)[O-])cc2OC)nc1. The number of aromatic nitrogens is 1. The number of pyridine rings is 1.